The van der Waals surface area contributed by atoms with Gasteiger partial charge < -0.3 is 15.2 Å². The molecule has 0 aromatic carbocycles. The summed E-state index contributed by atoms with van der Waals surface area (Å²) in [4.78, 5) is 11.9. The molecule has 0 bridgehead atoms. The Labute approximate surface area is 101 Å². The van der Waals surface area contributed by atoms with Crippen LogP contribution in [0, 0.1) is 13.8 Å². The predicted molar refractivity (Wildman–Crippen MR) is 63.7 cm³/mol. The Bertz CT molecular complexity index is 375. The minimum Gasteiger partial charge on any atom is -0.361 e. The van der Waals surface area contributed by atoms with Crippen molar-refractivity contribution in [3.63, 3.8) is 0 Å². The van der Waals surface area contributed by atoms with E-state index in [1.807, 2.05) is 13.8 Å². The summed E-state index contributed by atoms with van der Waals surface area (Å²) in [5.41, 5.74) is 1.72. The molecule has 0 aliphatic carbocycles. The van der Waals surface area contributed by atoms with Crippen molar-refractivity contribution in [3.05, 3.63) is 17.0 Å². The van der Waals surface area contributed by atoms with E-state index in [2.05, 4.69) is 15.8 Å². The number of hydrogen-bond donors (Lipinski definition) is 2. The maximum atomic E-state index is 11.9. The van der Waals surface area contributed by atoms with Crippen molar-refractivity contribution in [2.45, 2.75) is 39.2 Å². The molecular weight excluding hydrogens is 218 g/mol. The average molecular weight is 237 g/mol. The smallest absolute Gasteiger partial charge is 0.224 e. The minimum absolute atomic E-state index is 0.0614. The third-order valence-electron chi connectivity index (χ3n) is 3.22. The van der Waals surface area contributed by atoms with Gasteiger partial charge in [0.15, 0.2) is 0 Å². The monoisotopic (exact) mass is 237 g/mol. The lowest BCUT2D eigenvalue weighted by Gasteiger charge is -2.23. The molecule has 5 nitrogen and oxygen atoms in total. The number of nitrogens with zero attached hydrogens (tertiary/aromatic N) is 1. The summed E-state index contributed by atoms with van der Waals surface area (Å²) in [7, 11) is 0. The fourth-order valence-corrected chi connectivity index (χ4v) is 2.16. The van der Waals surface area contributed by atoms with Gasteiger partial charge in [-0.3, -0.25) is 4.79 Å². The number of aromatic nitrogens is 1. The van der Waals surface area contributed by atoms with Crippen molar-refractivity contribution in [2.24, 2.45) is 0 Å². The summed E-state index contributed by atoms with van der Waals surface area (Å²) in [6, 6.07) is 0.309. The quantitative estimate of drug-likeness (QED) is 0.812. The molecule has 2 rings (SSSR count). The van der Waals surface area contributed by atoms with Gasteiger partial charge in [0.25, 0.3) is 0 Å². The number of hydrogen-bond acceptors (Lipinski definition) is 4. The first kappa shape index (κ1) is 12.1. The molecule has 5 heteroatoms. The van der Waals surface area contributed by atoms with Crippen molar-refractivity contribution >= 4 is 5.91 Å². The third kappa shape index (κ3) is 3.06. The third-order valence-corrected chi connectivity index (χ3v) is 3.22. The zero-order valence-corrected chi connectivity index (χ0v) is 10.4. The first-order valence-electron chi connectivity index (χ1n) is 6.08. The first-order chi connectivity index (χ1) is 8.16. The van der Waals surface area contributed by atoms with Crippen LogP contribution in [0.5, 0.6) is 0 Å². The van der Waals surface area contributed by atoms with Crippen molar-refractivity contribution < 1.29 is 9.32 Å². The molecular formula is C12H19N3O2. The van der Waals surface area contributed by atoms with E-state index < -0.39 is 0 Å². The van der Waals surface area contributed by atoms with Gasteiger partial charge in [0.05, 0.1) is 12.1 Å². The highest BCUT2D eigenvalue weighted by Crippen LogP contribution is 2.13. The molecule has 94 valence electrons. The van der Waals surface area contributed by atoms with Crippen LogP contribution >= 0.6 is 0 Å². The molecule has 17 heavy (non-hydrogen) atoms. The van der Waals surface area contributed by atoms with Gasteiger partial charge in [-0.05, 0) is 39.8 Å². The molecule has 0 radical (unpaired) electrons. The summed E-state index contributed by atoms with van der Waals surface area (Å²) >= 11 is 0. The average Bonchev–Trinajstić information content (AvgIpc) is 2.62. The normalized spacial score (nSPS) is 17.1. The summed E-state index contributed by atoms with van der Waals surface area (Å²) < 4.78 is 5.05. The Morgan fingerprint density at radius 2 is 2.18 bits per heavy atom. The Hall–Kier alpha value is -1.36. The Morgan fingerprint density at radius 1 is 1.47 bits per heavy atom. The Morgan fingerprint density at radius 3 is 2.76 bits per heavy atom. The van der Waals surface area contributed by atoms with Crippen molar-refractivity contribution in [1.82, 2.24) is 15.8 Å². The highest BCUT2D eigenvalue weighted by atomic mass is 16.5. The molecule has 0 atom stereocenters. The maximum Gasteiger partial charge on any atom is 0.224 e. The van der Waals surface area contributed by atoms with Gasteiger partial charge in [-0.1, -0.05) is 5.16 Å². The van der Waals surface area contributed by atoms with E-state index in [0.717, 1.165) is 42.9 Å². The van der Waals surface area contributed by atoms with Gasteiger partial charge in [0, 0.05) is 11.6 Å². The maximum absolute atomic E-state index is 11.9. The summed E-state index contributed by atoms with van der Waals surface area (Å²) in [5.74, 6) is 0.800. The topological polar surface area (TPSA) is 67.2 Å². The van der Waals surface area contributed by atoms with Crippen LogP contribution in [0.1, 0.15) is 29.9 Å². The standard InChI is InChI=1S/C12H19N3O2/c1-8-11(9(2)17-15-8)7-12(16)14-10-3-5-13-6-4-10/h10,13H,3-7H2,1-2H3,(H,14,16). The molecule has 1 aliphatic heterocycles. The van der Waals surface area contributed by atoms with Gasteiger partial charge in [-0.25, -0.2) is 0 Å². The highest BCUT2D eigenvalue weighted by molar-refractivity contribution is 5.79. The number of carbonyl (C=O) groups is 1. The van der Waals surface area contributed by atoms with Crippen molar-refractivity contribution in [3.8, 4) is 0 Å². The SMILES string of the molecule is Cc1noc(C)c1CC(=O)NC1CCNCC1. The number of nitrogens with one attached hydrogen (secondary N) is 2. The number of aryl methyl sites for hydroxylation is 2. The second-order valence-corrected chi connectivity index (χ2v) is 4.57. The summed E-state index contributed by atoms with van der Waals surface area (Å²) in [6.45, 7) is 5.67. The molecule has 1 aliphatic rings. The number of piperidine rings is 1. The molecule has 1 aromatic rings. The molecule has 2 N–H and O–H groups in total. The largest absolute Gasteiger partial charge is 0.361 e. The van der Waals surface area contributed by atoms with Crippen LogP contribution in [-0.2, 0) is 11.2 Å². The van der Waals surface area contributed by atoms with Crippen LogP contribution in [0.15, 0.2) is 4.52 Å². The fourth-order valence-electron chi connectivity index (χ4n) is 2.16. The lowest BCUT2D eigenvalue weighted by Crippen LogP contribution is -2.43. The zero-order valence-electron chi connectivity index (χ0n) is 10.4. The number of rotatable bonds is 3. The Balaban J connectivity index is 1.88. The predicted octanol–water partition coefficient (Wildman–Crippen LogP) is 0.702. The lowest BCUT2D eigenvalue weighted by molar-refractivity contribution is -0.121. The molecule has 2 heterocycles. The van der Waals surface area contributed by atoms with Gasteiger partial charge in [-0.15, -0.1) is 0 Å². The van der Waals surface area contributed by atoms with Crippen LogP contribution < -0.4 is 10.6 Å². The van der Waals surface area contributed by atoms with E-state index in [0.29, 0.717) is 12.5 Å². The van der Waals surface area contributed by atoms with Crippen LogP contribution in [0.3, 0.4) is 0 Å². The van der Waals surface area contributed by atoms with E-state index in [1.165, 1.54) is 0 Å². The van der Waals surface area contributed by atoms with Gasteiger partial charge in [0.1, 0.15) is 5.76 Å². The molecule has 1 aromatic heterocycles. The zero-order chi connectivity index (χ0) is 12.3. The van der Waals surface area contributed by atoms with Crippen molar-refractivity contribution in [2.75, 3.05) is 13.1 Å². The van der Waals surface area contributed by atoms with Crippen LogP contribution in [0.2, 0.25) is 0 Å². The van der Waals surface area contributed by atoms with E-state index in [9.17, 15) is 4.79 Å². The van der Waals surface area contributed by atoms with Gasteiger partial charge in [-0.2, -0.15) is 0 Å². The van der Waals surface area contributed by atoms with Crippen molar-refractivity contribution in [1.29, 1.82) is 0 Å². The second-order valence-electron chi connectivity index (χ2n) is 4.57. The number of carbonyl (C=O) groups excluding carboxylic acids is 1. The molecule has 0 unspecified atom stereocenters. The number of amides is 1. The molecule has 1 amide bonds. The summed E-state index contributed by atoms with van der Waals surface area (Å²) in [5, 5.41) is 10.2. The Kier molecular flexibility index (Phi) is 3.78. The van der Waals surface area contributed by atoms with Crippen LogP contribution in [0.4, 0.5) is 0 Å². The van der Waals surface area contributed by atoms with Crippen LogP contribution in [0.25, 0.3) is 0 Å². The second kappa shape index (κ2) is 5.31. The van der Waals surface area contributed by atoms with E-state index in [-0.39, 0.29) is 5.91 Å². The van der Waals surface area contributed by atoms with Crippen LogP contribution in [-0.4, -0.2) is 30.2 Å². The van der Waals surface area contributed by atoms with Gasteiger partial charge >= 0.3 is 0 Å². The minimum atomic E-state index is 0.0614. The fraction of sp³-hybridized carbons (Fsp3) is 0.667. The van der Waals surface area contributed by atoms with E-state index >= 15 is 0 Å². The molecule has 1 fully saturated rings. The first-order valence-corrected chi connectivity index (χ1v) is 6.08. The van der Waals surface area contributed by atoms with Gasteiger partial charge in [0.2, 0.25) is 5.91 Å². The molecule has 0 spiro atoms. The highest BCUT2D eigenvalue weighted by Gasteiger charge is 2.18. The van der Waals surface area contributed by atoms with E-state index in [1.54, 1.807) is 0 Å². The molecule has 0 saturated carbocycles. The summed E-state index contributed by atoms with van der Waals surface area (Å²) in [6.07, 6.45) is 2.38. The van der Waals surface area contributed by atoms with E-state index in [4.69, 9.17) is 4.52 Å². The molecule has 1 saturated heterocycles. The lowest BCUT2D eigenvalue weighted by atomic mass is 10.1.